The number of rotatable bonds is 7. The summed E-state index contributed by atoms with van der Waals surface area (Å²) in [5.74, 6) is -7.95. The van der Waals surface area contributed by atoms with E-state index in [2.05, 4.69) is 0 Å². The van der Waals surface area contributed by atoms with Crippen molar-refractivity contribution in [3.63, 3.8) is 0 Å². The number of hydrogen-bond acceptors (Lipinski definition) is 13. The minimum atomic E-state index is -2.43. The summed E-state index contributed by atoms with van der Waals surface area (Å²) in [4.78, 5) is 71.9. The molecule has 1 saturated carbocycles. The zero-order valence-electron chi connectivity index (χ0n) is 41.3. The number of methoxy groups -OCH3 is 2. The number of ketones is 3. The van der Waals surface area contributed by atoms with Gasteiger partial charge in [0.25, 0.3) is 11.7 Å². The molecule has 1 aliphatic carbocycles. The Labute approximate surface area is 393 Å². The van der Waals surface area contributed by atoms with E-state index in [-0.39, 0.29) is 54.8 Å². The number of fused-ring (bicyclic) bond motifs is 3. The molecule has 3 fully saturated rings. The number of nitrogens with zero attached hydrogens (tertiary/aromatic N) is 1. The quantitative estimate of drug-likeness (QED) is 0.141. The van der Waals surface area contributed by atoms with Crippen LogP contribution in [-0.2, 0) is 47.7 Å². The van der Waals surface area contributed by atoms with Gasteiger partial charge in [-0.25, -0.2) is 4.79 Å². The van der Waals surface area contributed by atoms with Crippen molar-refractivity contribution in [3.05, 3.63) is 47.6 Å². The van der Waals surface area contributed by atoms with Crippen molar-refractivity contribution < 1.29 is 63.0 Å². The fourth-order valence-corrected chi connectivity index (χ4v) is 10.2. The van der Waals surface area contributed by atoms with Gasteiger partial charge in [0.2, 0.25) is 5.79 Å². The molecule has 0 aromatic rings. The number of Topliss-reactive ketones (excluding diaryl/α,β-unsaturated/α-hetero) is 3. The van der Waals surface area contributed by atoms with E-state index in [0.717, 1.165) is 12.0 Å². The van der Waals surface area contributed by atoms with Crippen LogP contribution in [0.25, 0.3) is 0 Å². The molecular formula is C52H81NO13. The second-order valence-corrected chi connectivity index (χ2v) is 19.8. The number of carbonyl (C=O) groups excluding carboxylic acids is 5. The van der Waals surface area contributed by atoms with Crippen LogP contribution in [-0.4, -0.2) is 131 Å². The molecule has 0 aromatic heterocycles. The lowest BCUT2D eigenvalue weighted by molar-refractivity contribution is -0.266. The largest absolute Gasteiger partial charge is 0.460 e. The topological polar surface area (TPSA) is 195 Å². The number of carbonyl (C=O) groups is 5. The number of aliphatic hydroxyl groups excluding tert-OH is 2. The predicted molar refractivity (Wildman–Crippen MR) is 250 cm³/mol. The molecule has 372 valence electrons. The van der Waals surface area contributed by atoms with Gasteiger partial charge in [-0.05, 0) is 114 Å². The Morgan fingerprint density at radius 3 is 2.29 bits per heavy atom. The lowest BCUT2D eigenvalue weighted by Gasteiger charge is -2.43. The fraction of sp³-hybridized carbons (Fsp3) is 0.750. The minimum Gasteiger partial charge on any atom is -0.460 e. The van der Waals surface area contributed by atoms with Crippen molar-refractivity contribution in [1.82, 2.24) is 4.90 Å². The first kappa shape index (κ1) is 55.2. The summed E-state index contributed by atoms with van der Waals surface area (Å²) < 4.78 is 29.7. The van der Waals surface area contributed by atoms with Crippen molar-refractivity contribution >= 4 is 29.2 Å². The summed E-state index contributed by atoms with van der Waals surface area (Å²) in [5, 5.41) is 33.9. The standard InChI is InChI=1S/C52H81NO13/c1-11-64-43-29-39-22-20-37(8)52(61,66-39)49(58)50(59)53-24-16-15-19-40(53)51(60)65-44(34(5)27-38-21-23-41(54)45(28-38)62-9)30-42(55)33(4)26-36(7)47(57)48(63-10)46(56)35(6)25-31(2)17-13-12-14-18-32(43)3/h12-14,17-18,26,31,33-35,37-41,43-45,47-48,54,57,61H,11,15-16,19-25,27-30H2,1-10H3/b14-12+,17-13-,32-18+,36-26+/t31-,33-,34-,35-,37-,38+,39+,40+,41-,43-,44+,45-,47-,48+,52-/m1/s1. The van der Waals surface area contributed by atoms with Gasteiger partial charge in [-0.1, -0.05) is 71.1 Å². The van der Waals surface area contributed by atoms with Gasteiger partial charge in [-0.3, -0.25) is 19.2 Å². The molecule has 15 atom stereocenters. The first-order chi connectivity index (χ1) is 31.2. The Hall–Kier alpha value is -3.37. The van der Waals surface area contributed by atoms with Crippen LogP contribution in [0.4, 0.5) is 0 Å². The molecule has 4 aliphatic rings. The Morgan fingerprint density at radius 2 is 1.61 bits per heavy atom. The molecular weight excluding hydrogens is 847 g/mol. The average Bonchev–Trinajstić information content (AvgIpc) is 3.29. The van der Waals surface area contributed by atoms with Gasteiger partial charge in [0.15, 0.2) is 5.78 Å². The number of amides is 1. The zero-order chi connectivity index (χ0) is 48.9. The molecule has 2 bridgehead atoms. The molecule has 0 radical (unpaired) electrons. The number of aliphatic hydroxyl groups is 3. The fourth-order valence-electron chi connectivity index (χ4n) is 10.2. The van der Waals surface area contributed by atoms with Crippen molar-refractivity contribution in [2.75, 3.05) is 27.4 Å². The second-order valence-electron chi connectivity index (χ2n) is 19.8. The Balaban J connectivity index is 1.71. The molecule has 3 aliphatic heterocycles. The van der Waals surface area contributed by atoms with Gasteiger partial charge >= 0.3 is 5.97 Å². The van der Waals surface area contributed by atoms with Crippen LogP contribution in [0.3, 0.4) is 0 Å². The maximum atomic E-state index is 14.4. The van der Waals surface area contributed by atoms with Crippen LogP contribution >= 0.6 is 0 Å². The van der Waals surface area contributed by atoms with Crippen LogP contribution in [0, 0.1) is 35.5 Å². The van der Waals surface area contributed by atoms with E-state index >= 15 is 0 Å². The summed E-state index contributed by atoms with van der Waals surface area (Å²) >= 11 is 0. The molecule has 4 rings (SSSR count). The van der Waals surface area contributed by atoms with Crippen LogP contribution in [0.1, 0.15) is 132 Å². The lowest BCUT2D eigenvalue weighted by atomic mass is 9.78. The smallest absolute Gasteiger partial charge is 0.329 e. The van der Waals surface area contributed by atoms with Crippen LogP contribution in [0.2, 0.25) is 0 Å². The van der Waals surface area contributed by atoms with Crippen molar-refractivity contribution in [3.8, 4) is 0 Å². The molecule has 0 spiro atoms. The summed E-state index contributed by atoms with van der Waals surface area (Å²) in [6.45, 7) is 15.1. The molecule has 3 N–H and O–H groups in total. The van der Waals surface area contributed by atoms with Crippen molar-refractivity contribution in [1.29, 1.82) is 0 Å². The van der Waals surface area contributed by atoms with Gasteiger partial charge in [-0.15, -0.1) is 0 Å². The van der Waals surface area contributed by atoms with Crippen LogP contribution in [0.15, 0.2) is 47.6 Å². The van der Waals surface area contributed by atoms with Gasteiger partial charge < -0.3 is 43.9 Å². The van der Waals surface area contributed by atoms with E-state index in [9.17, 15) is 39.3 Å². The number of cyclic esters (lactones) is 1. The number of allylic oxidation sites excluding steroid dienone is 6. The highest BCUT2D eigenvalue weighted by molar-refractivity contribution is 6.39. The van der Waals surface area contributed by atoms with E-state index < -0.39 is 83.9 Å². The summed E-state index contributed by atoms with van der Waals surface area (Å²) in [6.07, 6.45) is 11.3. The maximum Gasteiger partial charge on any atom is 0.329 e. The van der Waals surface area contributed by atoms with Crippen molar-refractivity contribution in [2.45, 2.75) is 187 Å². The predicted octanol–water partition coefficient (Wildman–Crippen LogP) is 6.57. The molecule has 66 heavy (non-hydrogen) atoms. The summed E-state index contributed by atoms with van der Waals surface area (Å²) in [5.41, 5.74) is 1.29. The first-order valence-electron chi connectivity index (χ1n) is 24.5. The van der Waals surface area contributed by atoms with Gasteiger partial charge in [0.1, 0.15) is 30.1 Å². The number of piperidine rings is 1. The normalized spacial score (nSPS) is 40.0. The van der Waals surface area contributed by atoms with Gasteiger partial charge in [-0.2, -0.15) is 0 Å². The minimum absolute atomic E-state index is 0.0188. The van der Waals surface area contributed by atoms with Crippen molar-refractivity contribution in [2.24, 2.45) is 35.5 Å². The molecule has 0 unspecified atom stereocenters. The average molecular weight is 928 g/mol. The summed E-state index contributed by atoms with van der Waals surface area (Å²) in [7, 11) is 2.95. The van der Waals surface area contributed by atoms with E-state index in [1.54, 1.807) is 34.0 Å². The molecule has 14 heteroatoms. The Morgan fingerprint density at radius 1 is 0.879 bits per heavy atom. The van der Waals surface area contributed by atoms with Gasteiger partial charge in [0.05, 0.1) is 24.4 Å². The van der Waals surface area contributed by atoms with E-state index in [4.69, 9.17) is 23.7 Å². The third kappa shape index (κ3) is 14.6. The first-order valence-corrected chi connectivity index (χ1v) is 24.5. The molecule has 3 heterocycles. The highest BCUT2D eigenvalue weighted by atomic mass is 16.6. The Bertz CT molecular complexity index is 1770. The highest BCUT2D eigenvalue weighted by Crippen LogP contribution is 2.38. The zero-order valence-corrected chi connectivity index (χ0v) is 41.3. The third-order valence-electron chi connectivity index (χ3n) is 14.6. The van der Waals surface area contributed by atoms with Crippen LogP contribution in [0.5, 0.6) is 0 Å². The van der Waals surface area contributed by atoms with Gasteiger partial charge in [0, 0.05) is 58.0 Å². The number of hydrogen-bond donors (Lipinski definition) is 3. The van der Waals surface area contributed by atoms with Crippen LogP contribution < -0.4 is 0 Å². The lowest BCUT2D eigenvalue weighted by Crippen LogP contribution is -2.61. The van der Waals surface area contributed by atoms with E-state index in [0.29, 0.717) is 70.0 Å². The summed E-state index contributed by atoms with van der Waals surface area (Å²) in [6, 6.07) is -1.14. The second kappa shape index (κ2) is 25.8. The molecule has 14 nitrogen and oxygen atoms in total. The third-order valence-corrected chi connectivity index (χ3v) is 14.6. The number of ether oxygens (including phenoxy) is 5. The van der Waals surface area contributed by atoms with E-state index in [1.165, 1.54) is 12.0 Å². The molecule has 2 saturated heterocycles. The van der Waals surface area contributed by atoms with E-state index in [1.807, 2.05) is 65.0 Å². The maximum absolute atomic E-state index is 14.4. The SMILES string of the molecule is CCO[C@@H]1C[C@@H]2CC[C@@H](C)[C@@](O)(O2)C(=O)C(=O)N2CCCC[C@H]2C(=O)O[C@H]([C@H](C)C[C@@H]2CC[C@@H](O)[C@H](OC)C2)CC(=O)[C@H](C)/C=C(\C)[C@@H](O)[C@@H](OC)C(=O)[C@H](C)C[C@H](C)\C=C/C=C/C=C/1C. The highest BCUT2D eigenvalue weighted by Gasteiger charge is 2.53. The monoisotopic (exact) mass is 928 g/mol. The Kier molecular flexibility index (Phi) is 21.6. The number of esters is 1. The molecule has 0 aromatic carbocycles. The molecule has 1 amide bonds.